The van der Waals surface area contributed by atoms with Crippen molar-refractivity contribution in [3.63, 3.8) is 0 Å². The zero-order valence-corrected chi connectivity index (χ0v) is 11.1. The van der Waals surface area contributed by atoms with E-state index >= 15 is 0 Å². The standard InChI is InChI=1S/C13H17NO3S/c1-2-10(15)8-18-11-5-3-9(4-6-11)7-12(14)13(16)17/h3-6,12H,2,7-8,14H2,1H3,(H,16,17). The summed E-state index contributed by atoms with van der Waals surface area (Å²) in [5.74, 6) is -0.302. The first-order valence-electron chi connectivity index (χ1n) is 5.74. The number of ketones is 1. The Morgan fingerprint density at radius 2 is 1.94 bits per heavy atom. The topological polar surface area (TPSA) is 80.4 Å². The quantitative estimate of drug-likeness (QED) is 0.735. The number of Topliss-reactive ketones (excluding diaryl/α,β-unsaturated/α-hetero) is 1. The van der Waals surface area contributed by atoms with Crippen LogP contribution in [0.25, 0.3) is 0 Å². The number of nitrogens with two attached hydrogens (primary N) is 1. The highest BCUT2D eigenvalue weighted by Crippen LogP contribution is 2.19. The van der Waals surface area contributed by atoms with Crippen LogP contribution in [0.4, 0.5) is 0 Å². The van der Waals surface area contributed by atoms with Crippen LogP contribution in [-0.2, 0) is 16.0 Å². The fourth-order valence-electron chi connectivity index (χ4n) is 1.33. The third-order valence-corrected chi connectivity index (χ3v) is 3.56. The molecule has 0 heterocycles. The minimum absolute atomic E-state index is 0.219. The molecule has 0 bridgehead atoms. The van der Waals surface area contributed by atoms with Gasteiger partial charge in [-0.15, -0.1) is 11.8 Å². The molecule has 0 aromatic heterocycles. The van der Waals surface area contributed by atoms with E-state index in [0.717, 1.165) is 10.5 Å². The van der Waals surface area contributed by atoms with Crippen molar-refractivity contribution in [1.29, 1.82) is 0 Å². The summed E-state index contributed by atoms with van der Waals surface area (Å²) in [5, 5.41) is 8.70. The predicted molar refractivity (Wildman–Crippen MR) is 71.8 cm³/mol. The SMILES string of the molecule is CCC(=O)CSc1ccc(CC(N)C(=O)O)cc1. The van der Waals surface area contributed by atoms with Crippen LogP contribution in [0.2, 0.25) is 0 Å². The fraction of sp³-hybridized carbons (Fsp3) is 0.385. The largest absolute Gasteiger partial charge is 0.480 e. The summed E-state index contributed by atoms with van der Waals surface area (Å²) in [5.41, 5.74) is 6.34. The molecule has 1 unspecified atom stereocenters. The van der Waals surface area contributed by atoms with Crippen LogP contribution >= 0.6 is 11.8 Å². The lowest BCUT2D eigenvalue weighted by Crippen LogP contribution is -2.32. The normalized spacial score (nSPS) is 12.1. The minimum Gasteiger partial charge on any atom is -0.480 e. The first kappa shape index (κ1) is 14.7. The number of aliphatic carboxylic acids is 1. The number of rotatable bonds is 7. The summed E-state index contributed by atoms with van der Waals surface area (Å²) < 4.78 is 0. The third-order valence-electron chi connectivity index (χ3n) is 2.49. The maximum absolute atomic E-state index is 11.2. The summed E-state index contributed by atoms with van der Waals surface area (Å²) in [7, 11) is 0. The zero-order valence-electron chi connectivity index (χ0n) is 10.3. The maximum Gasteiger partial charge on any atom is 0.320 e. The van der Waals surface area contributed by atoms with E-state index < -0.39 is 12.0 Å². The Hall–Kier alpha value is -1.33. The molecule has 1 aromatic carbocycles. The number of benzene rings is 1. The lowest BCUT2D eigenvalue weighted by atomic mass is 10.1. The van der Waals surface area contributed by atoms with Crippen LogP contribution < -0.4 is 5.73 Å². The van der Waals surface area contributed by atoms with Crippen LogP contribution in [0.15, 0.2) is 29.2 Å². The van der Waals surface area contributed by atoms with Gasteiger partial charge in [0.1, 0.15) is 11.8 Å². The molecule has 1 aromatic rings. The average molecular weight is 267 g/mol. The molecule has 5 heteroatoms. The van der Waals surface area contributed by atoms with Gasteiger partial charge in [0.15, 0.2) is 0 Å². The Morgan fingerprint density at radius 1 is 1.33 bits per heavy atom. The van der Waals surface area contributed by atoms with E-state index in [1.165, 1.54) is 11.8 Å². The van der Waals surface area contributed by atoms with Gasteiger partial charge >= 0.3 is 5.97 Å². The number of carboxylic acid groups (broad SMARTS) is 1. The van der Waals surface area contributed by atoms with E-state index in [1.807, 2.05) is 31.2 Å². The highest BCUT2D eigenvalue weighted by Gasteiger charge is 2.11. The van der Waals surface area contributed by atoms with Crippen LogP contribution in [0.1, 0.15) is 18.9 Å². The van der Waals surface area contributed by atoms with Gasteiger partial charge in [-0.3, -0.25) is 9.59 Å². The second kappa shape index (κ2) is 7.18. The molecular formula is C13H17NO3S. The van der Waals surface area contributed by atoms with Gasteiger partial charge in [0.25, 0.3) is 0 Å². The molecule has 0 aliphatic rings. The first-order valence-corrected chi connectivity index (χ1v) is 6.73. The van der Waals surface area contributed by atoms with Gasteiger partial charge in [0.05, 0.1) is 5.75 Å². The van der Waals surface area contributed by atoms with Gasteiger partial charge in [-0.1, -0.05) is 19.1 Å². The predicted octanol–water partition coefficient (Wildman–Crippen LogP) is 1.71. The molecule has 4 nitrogen and oxygen atoms in total. The van der Waals surface area contributed by atoms with Crippen molar-refractivity contribution in [2.45, 2.75) is 30.7 Å². The molecule has 1 atom stereocenters. The van der Waals surface area contributed by atoms with E-state index in [9.17, 15) is 9.59 Å². The fourth-order valence-corrected chi connectivity index (χ4v) is 2.19. The second-order valence-corrected chi connectivity index (χ2v) is 5.02. The average Bonchev–Trinajstić information content (AvgIpc) is 2.37. The lowest BCUT2D eigenvalue weighted by molar-refractivity contribution is -0.138. The van der Waals surface area contributed by atoms with E-state index in [4.69, 9.17) is 10.8 Å². The van der Waals surface area contributed by atoms with Crippen molar-refractivity contribution in [3.05, 3.63) is 29.8 Å². The molecule has 0 spiro atoms. The molecule has 98 valence electrons. The number of carbonyl (C=O) groups excluding carboxylic acids is 1. The van der Waals surface area contributed by atoms with Gasteiger partial charge in [-0.2, -0.15) is 0 Å². The lowest BCUT2D eigenvalue weighted by Gasteiger charge is -2.07. The van der Waals surface area contributed by atoms with E-state index in [-0.39, 0.29) is 5.78 Å². The number of hydrogen-bond acceptors (Lipinski definition) is 4. The summed E-state index contributed by atoms with van der Waals surface area (Å²) in [4.78, 5) is 22.8. The van der Waals surface area contributed by atoms with Crippen molar-refractivity contribution in [2.24, 2.45) is 5.73 Å². The molecule has 0 aliphatic heterocycles. The molecular weight excluding hydrogens is 250 g/mol. The van der Waals surface area contributed by atoms with Crippen molar-refractivity contribution < 1.29 is 14.7 Å². The van der Waals surface area contributed by atoms with E-state index in [0.29, 0.717) is 18.6 Å². The minimum atomic E-state index is -0.998. The Balaban J connectivity index is 2.52. The molecule has 0 amide bonds. The molecule has 3 N–H and O–H groups in total. The Morgan fingerprint density at radius 3 is 2.44 bits per heavy atom. The van der Waals surface area contributed by atoms with Gasteiger partial charge < -0.3 is 10.8 Å². The van der Waals surface area contributed by atoms with Crippen molar-refractivity contribution >= 4 is 23.5 Å². The maximum atomic E-state index is 11.2. The first-order chi connectivity index (χ1) is 8.52. The Labute approximate surface area is 111 Å². The smallest absolute Gasteiger partial charge is 0.320 e. The molecule has 18 heavy (non-hydrogen) atoms. The van der Waals surface area contributed by atoms with Crippen LogP contribution in [0.5, 0.6) is 0 Å². The third kappa shape index (κ3) is 4.89. The van der Waals surface area contributed by atoms with Crippen LogP contribution in [0, 0.1) is 0 Å². The van der Waals surface area contributed by atoms with Gasteiger partial charge in [0.2, 0.25) is 0 Å². The molecule has 0 radical (unpaired) electrons. The van der Waals surface area contributed by atoms with Crippen LogP contribution in [0.3, 0.4) is 0 Å². The van der Waals surface area contributed by atoms with Gasteiger partial charge in [-0.05, 0) is 24.1 Å². The summed E-state index contributed by atoms with van der Waals surface area (Å²) >= 11 is 1.49. The van der Waals surface area contributed by atoms with Gasteiger partial charge in [0, 0.05) is 11.3 Å². The van der Waals surface area contributed by atoms with Crippen LogP contribution in [-0.4, -0.2) is 28.7 Å². The number of carbonyl (C=O) groups is 2. The Bertz CT molecular complexity index is 417. The molecule has 0 aliphatic carbocycles. The Kier molecular flexibility index (Phi) is 5.88. The highest BCUT2D eigenvalue weighted by atomic mass is 32.2. The van der Waals surface area contributed by atoms with Crippen molar-refractivity contribution in [3.8, 4) is 0 Å². The number of carboxylic acids is 1. The zero-order chi connectivity index (χ0) is 13.5. The van der Waals surface area contributed by atoms with Crippen molar-refractivity contribution in [2.75, 3.05) is 5.75 Å². The van der Waals surface area contributed by atoms with E-state index in [2.05, 4.69) is 0 Å². The molecule has 0 fully saturated rings. The molecule has 0 saturated carbocycles. The molecule has 0 saturated heterocycles. The summed E-state index contributed by atoms with van der Waals surface area (Å²) in [6.07, 6.45) is 0.868. The summed E-state index contributed by atoms with van der Waals surface area (Å²) in [6.45, 7) is 1.85. The highest BCUT2D eigenvalue weighted by molar-refractivity contribution is 8.00. The second-order valence-electron chi connectivity index (χ2n) is 3.97. The molecule has 1 rings (SSSR count). The van der Waals surface area contributed by atoms with Crippen molar-refractivity contribution in [1.82, 2.24) is 0 Å². The number of thioether (sulfide) groups is 1. The van der Waals surface area contributed by atoms with E-state index in [1.54, 1.807) is 0 Å². The van der Waals surface area contributed by atoms with Gasteiger partial charge in [-0.25, -0.2) is 0 Å². The summed E-state index contributed by atoms with van der Waals surface area (Å²) in [6, 6.07) is 6.60. The monoisotopic (exact) mass is 267 g/mol. The number of hydrogen-bond donors (Lipinski definition) is 2.